The predicted molar refractivity (Wildman–Crippen MR) is 71.6 cm³/mol. The maximum Gasteiger partial charge on any atom is 0.135 e. The fourth-order valence-electron chi connectivity index (χ4n) is 1.50. The number of pyridine rings is 1. The highest BCUT2D eigenvalue weighted by Crippen LogP contribution is 2.18. The van der Waals surface area contributed by atoms with Crippen LogP contribution in [-0.2, 0) is 11.3 Å². The molecule has 6 heteroatoms. The molecule has 0 amide bonds. The minimum atomic E-state index is 0.379. The lowest BCUT2D eigenvalue weighted by Gasteiger charge is -2.21. The van der Waals surface area contributed by atoms with Gasteiger partial charge in [0.1, 0.15) is 10.3 Å². The highest BCUT2D eigenvalue weighted by molar-refractivity contribution is 6.32. The minimum absolute atomic E-state index is 0.379. The van der Waals surface area contributed by atoms with E-state index in [-0.39, 0.29) is 0 Å². The monoisotopic (exact) mass is 287 g/mol. The molecule has 1 aromatic heterocycles. The number of nitriles is 1. The van der Waals surface area contributed by atoms with Gasteiger partial charge in [0, 0.05) is 38.7 Å². The van der Waals surface area contributed by atoms with Crippen LogP contribution in [0.4, 0.5) is 0 Å². The van der Waals surface area contributed by atoms with Crippen LogP contribution in [0, 0.1) is 11.3 Å². The zero-order valence-electron chi connectivity index (χ0n) is 10.2. The summed E-state index contributed by atoms with van der Waals surface area (Å²) in [7, 11) is 1.65. The number of aromatic nitrogens is 1. The molecule has 0 aliphatic rings. The van der Waals surface area contributed by atoms with Crippen molar-refractivity contribution in [2.45, 2.75) is 13.0 Å². The molecule has 0 radical (unpaired) electrons. The second kappa shape index (κ2) is 8.28. The van der Waals surface area contributed by atoms with E-state index in [0.29, 0.717) is 36.4 Å². The molecule has 0 aliphatic heterocycles. The van der Waals surface area contributed by atoms with E-state index in [1.54, 1.807) is 13.2 Å². The number of hydrogen-bond acceptors (Lipinski definition) is 4. The number of nitrogens with zero attached hydrogens (tertiary/aromatic N) is 3. The van der Waals surface area contributed by atoms with Gasteiger partial charge in [0.15, 0.2) is 0 Å². The standard InChI is InChI=1S/C12H15Cl2N3O/c1-18-8-7-17(6-2-5-15)9-10-3-4-11(13)16-12(10)14/h3-4H,2,6-9H2,1H3. The first-order valence-corrected chi connectivity index (χ1v) is 6.32. The molecule has 0 aliphatic carbocycles. The minimum Gasteiger partial charge on any atom is -0.383 e. The quantitative estimate of drug-likeness (QED) is 0.724. The van der Waals surface area contributed by atoms with Gasteiger partial charge in [-0.3, -0.25) is 4.90 Å². The third kappa shape index (κ3) is 5.19. The van der Waals surface area contributed by atoms with Crippen molar-refractivity contribution >= 4 is 23.2 Å². The van der Waals surface area contributed by atoms with E-state index in [4.69, 9.17) is 33.2 Å². The second-order valence-corrected chi connectivity index (χ2v) is 4.51. The van der Waals surface area contributed by atoms with E-state index < -0.39 is 0 Å². The Balaban J connectivity index is 2.66. The summed E-state index contributed by atoms with van der Waals surface area (Å²) < 4.78 is 5.05. The number of hydrogen-bond donors (Lipinski definition) is 0. The van der Waals surface area contributed by atoms with Crippen molar-refractivity contribution < 1.29 is 4.74 Å². The summed E-state index contributed by atoms with van der Waals surface area (Å²) in [6, 6.07) is 5.69. The van der Waals surface area contributed by atoms with Crippen molar-refractivity contribution in [3.8, 4) is 6.07 Å². The van der Waals surface area contributed by atoms with Crippen molar-refractivity contribution in [3.05, 3.63) is 28.0 Å². The summed E-state index contributed by atoms with van der Waals surface area (Å²) in [5.74, 6) is 0. The Kier molecular flexibility index (Phi) is 6.99. The number of rotatable bonds is 7. The summed E-state index contributed by atoms with van der Waals surface area (Å²) in [6.45, 7) is 2.67. The van der Waals surface area contributed by atoms with Gasteiger partial charge < -0.3 is 4.74 Å². The maximum atomic E-state index is 8.63. The van der Waals surface area contributed by atoms with E-state index in [0.717, 1.165) is 12.1 Å². The Bertz CT molecular complexity index is 420. The topological polar surface area (TPSA) is 49.1 Å². The van der Waals surface area contributed by atoms with Gasteiger partial charge in [-0.1, -0.05) is 29.3 Å². The van der Waals surface area contributed by atoms with E-state index in [1.165, 1.54) is 0 Å². The summed E-state index contributed by atoms with van der Waals surface area (Å²) >= 11 is 11.8. The number of ether oxygens (including phenoxy) is 1. The van der Waals surface area contributed by atoms with Crippen molar-refractivity contribution in [3.63, 3.8) is 0 Å². The molecule has 1 rings (SSSR count). The van der Waals surface area contributed by atoms with Crippen LogP contribution in [0.3, 0.4) is 0 Å². The summed E-state index contributed by atoms with van der Waals surface area (Å²) in [5, 5.41) is 9.42. The molecule has 0 fully saturated rings. The van der Waals surface area contributed by atoms with Gasteiger partial charge in [0.2, 0.25) is 0 Å². The Morgan fingerprint density at radius 2 is 2.17 bits per heavy atom. The van der Waals surface area contributed by atoms with Gasteiger partial charge in [-0.05, 0) is 6.07 Å². The first-order chi connectivity index (χ1) is 8.67. The van der Waals surface area contributed by atoms with E-state index in [1.807, 2.05) is 6.07 Å². The first kappa shape index (κ1) is 15.2. The van der Waals surface area contributed by atoms with Crippen LogP contribution in [0.5, 0.6) is 0 Å². The average molecular weight is 288 g/mol. The molecule has 0 saturated heterocycles. The van der Waals surface area contributed by atoms with Crippen LogP contribution in [0.1, 0.15) is 12.0 Å². The van der Waals surface area contributed by atoms with Crippen molar-refractivity contribution in [1.29, 1.82) is 5.26 Å². The van der Waals surface area contributed by atoms with Crippen LogP contribution < -0.4 is 0 Å². The Morgan fingerprint density at radius 3 is 2.78 bits per heavy atom. The zero-order chi connectivity index (χ0) is 13.4. The van der Waals surface area contributed by atoms with E-state index >= 15 is 0 Å². The number of methoxy groups -OCH3 is 1. The number of halogens is 2. The van der Waals surface area contributed by atoms with Gasteiger partial charge >= 0.3 is 0 Å². The highest BCUT2D eigenvalue weighted by atomic mass is 35.5. The largest absolute Gasteiger partial charge is 0.383 e. The van der Waals surface area contributed by atoms with Crippen LogP contribution in [0.2, 0.25) is 10.3 Å². The van der Waals surface area contributed by atoms with Gasteiger partial charge in [0.25, 0.3) is 0 Å². The molecule has 1 aromatic rings. The molecule has 18 heavy (non-hydrogen) atoms. The van der Waals surface area contributed by atoms with Crippen LogP contribution in [0.15, 0.2) is 12.1 Å². The molecule has 1 heterocycles. The van der Waals surface area contributed by atoms with Crippen LogP contribution in [-0.4, -0.2) is 36.7 Å². The lowest BCUT2D eigenvalue weighted by Crippen LogP contribution is -2.28. The SMILES string of the molecule is COCCN(CCC#N)Cc1ccc(Cl)nc1Cl. The van der Waals surface area contributed by atoms with Gasteiger partial charge in [-0.25, -0.2) is 4.98 Å². The predicted octanol–water partition coefficient (Wildman–Crippen LogP) is 2.75. The van der Waals surface area contributed by atoms with Crippen molar-refractivity contribution in [2.75, 3.05) is 26.8 Å². The Morgan fingerprint density at radius 1 is 1.39 bits per heavy atom. The molecule has 0 aromatic carbocycles. The molecule has 0 bridgehead atoms. The van der Waals surface area contributed by atoms with E-state index in [2.05, 4.69) is 16.0 Å². The fraction of sp³-hybridized carbons (Fsp3) is 0.500. The molecule has 0 saturated carbocycles. The first-order valence-electron chi connectivity index (χ1n) is 5.56. The smallest absolute Gasteiger partial charge is 0.135 e. The normalized spacial score (nSPS) is 10.6. The van der Waals surface area contributed by atoms with Crippen LogP contribution in [0.25, 0.3) is 0 Å². The molecule has 0 unspecified atom stereocenters. The van der Waals surface area contributed by atoms with Gasteiger partial charge in [-0.2, -0.15) is 5.26 Å². The van der Waals surface area contributed by atoms with Crippen molar-refractivity contribution in [2.24, 2.45) is 0 Å². The third-order valence-electron chi connectivity index (χ3n) is 2.44. The Labute approximate surface area is 117 Å². The Hall–Kier alpha value is -0.860. The molecule has 0 N–H and O–H groups in total. The molecule has 0 atom stereocenters. The maximum absolute atomic E-state index is 8.63. The molecule has 4 nitrogen and oxygen atoms in total. The van der Waals surface area contributed by atoms with Gasteiger partial charge in [0.05, 0.1) is 12.7 Å². The molecule has 0 spiro atoms. The summed E-state index contributed by atoms with van der Waals surface area (Å²) in [5.41, 5.74) is 0.898. The third-order valence-corrected chi connectivity index (χ3v) is 2.98. The lowest BCUT2D eigenvalue weighted by molar-refractivity contribution is 0.145. The molecular weight excluding hydrogens is 273 g/mol. The molecule has 98 valence electrons. The highest BCUT2D eigenvalue weighted by Gasteiger charge is 2.09. The van der Waals surface area contributed by atoms with Crippen molar-refractivity contribution in [1.82, 2.24) is 9.88 Å². The second-order valence-electron chi connectivity index (χ2n) is 3.76. The summed E-state index contributed by atoms with van der Waals surface area (Å²) in [6.07, 6.45) is 0.475. The molecular formula is C12H15Cl2N3O. The fourth-order valence-corrected chi connectivity index (χ4v) is 1.90. The average Bonchev–Trinajstić information content (AvgIpc) is 2.35. The lowest BCUT2D eigenvalue weighted by atomic mass is 10.2. The zero-order valence-corrected chi connectivity index (χ0v) is 11.7. The summed E-state index contributed by atoms with van der Waals surface area (Å²) in [4.78, 5) is 6.10. The van der Waals surface area contributed by atoms with Gasteiger partial charge in [-0.15, -0.1) is 0 Å². The van der Waals surface area contributed by atoms with Crippen LogP contribution >= 0.6 is 23.2 Å². The van der Waals surface area contributed by atoms with E-state index in [9.17, 15) is 0 Å².